The van der Waals surface area contributed by atoms with Gasteiger partial charge in [0, 0.05) is 13.1 Å². The van der Waals surface area contributed by atoms with E-state index in [-0.39, 0.29) is 0 Å². The molecular formula is C16H23N3O2. The van der Waals surface area contributed by atoms with Crippen LogP contribution >= 0.6 is 0 Å². The van der Waals surface area contributed by atoms with E-state index in [0.717, 1.165) is 31.5 Å². The Morgan fingerprint density at radius 1 is 1.10 bits per heavy atom. The normalized spacial score (nSPS) is 21.0. The van der Waals surface area contributed by atoms with Crippen LogP contribution in [0.5, 0.6) is 0 Å². The standard InChI is InChI=1S/C16H23N3O2/c1-11-12(2)17-18-14(13(11)15(20)21)19-9-7-16(8-10-19)5-3-4-6-16/h3-10H2,1-2H3,(H,20,21). The van der Waals surface area contributed by atoms with Crippen LogP contribution in [0.4, 0.5) is 5.82 Å². The van der Waals surface area contributed by atoms with Crippen LogP contribution in [0.15, 0.2) is 0 Å². The molecular weight excluding hydrogens is 266 g/mol. The first-order valence-corrected chi connectivity index (χ1v) is 7.85. The van der Waals surface area contributed by atoms with Crippen LogP contribution < -0.4 is 4.90 Å². The van der Waals surface area contributed by atoms with Crippen molar-refractivity contribution >= 4 is 11.8 Å². The Labute approximate surface area is 125 Å². The van der Waals surface area contributed by atoms with E-state index in [4.69, 9.17) is 0 Å². The highest BCUT2D eigenvalue weighted by Gasteiger charge is 2.38. The molecule has 1 aromatic heterocycles. The second-order valence-corrected chi connectivity index (χ2v) is 6.61. The van der Waals surface area contributed by atoms with Crippen LogP contribution in [0.3, 0.4) is 0 Å². The third kappa shape index (κ3) is 2.49. The Morgan fingerprint density at radius 3 is 2.29 bits per heavy atom. The van der Waals surface area contributed by atoms with Crippen molar-refractivity contribution in [1.82, 2.24) is 10.2 Å². The summed E-state index contributed by atoms with van der Waals surface area (Å²) in [6.45, 7) is 5.43. The van der Waals surface area contributed by atoms with E-state index in [0.29, 0.717) is 22.5 Å². The smallest absolute Gasteiger partial charge is 0.339 e. The molecule has 1 spiro atoms. The second kappa shape index (κ2) is 5.28. The molecule has 114 valence electrons. The summed E-state index contributed by atoms with van der Waals surface area (Å²) in [5.41, 5.74) is 2.27. The molecule has 1 aliphatic carbocycles. The summed E-state index contributed by atoms with van der Waals surface area (Å²) in [5.74, 6) is -0.347. The molecule has 5 heteroatoms. The van der Waals surface area contributed by atoms with E-state index < -0.39 is 5.97 Å². The lowest BCUT2D eigenvalue weighted by molar-refractivity contribution is 0.0695. The van der Waals surface area contributed by atoms with Gasteiger partial charge in [0.2, 0.25) is 0 Å². The van der Waals surface area contributed by atoms with Crippen LogP contribution in [-0.4, -0.2) is 34.4 Å². The number of aryl methyl sites for hydroxylation is 1. The number of nitrogens with zero attached hydrogens (tertiary/aromatic N) is 3. The van der Waals surface area contributed by atoms with E-state index in [1.54, 1.807) is 0 Å². The van der Waals surface area contributed by atoms with E-state index in [2.05, 4.69) is 15.1 Å². The predicted octanol–water partition coefficient (Wildman–Crippen LogP) is 2.95. The molecule has 1 saturated carbocycles. The molecule has 5 nitrogen and oxygen atoms in total. The number of anilines is 1. The fourth-order valence-electron chi connectivity index (χ4n) is 3.89. The minimum atomic E-state index is -0.901. The monoisotopic (exact) mass is 289 g/mol. The minimum Gasteiger partial charge on any atom is -0.478 e. The lowest BCUT2D eigenvalue weighted by Crippen LogP contribution is -2.40. The zero-order valence-electron chi connectivity index (χ0n) is 12.9. The van der Waals surface area contributed by atoms with Crippen molar-refractivity contribution in [2.75, 3.05) is 18.0 Å². The predicted molar refractivity (Wildman–Crippen MR) is 80.8 cm³/mol. The summed E-state index contributed by atoms with van der Waals surface area (Å²) in [5, 5.41) is 17.8. The summed E-state index contributed by atoms with van der Waals surface area (Å²) >= 11 is 0. The first-order chi connectivity index (χ1) is 10.0. The third-order valence-corrected chi connectivity index (χ3v) is 5.44. The average molecular weight is 289 g/mol. The largest absolute Gasteiger partial charge is 0.478 e. The number of rotatable bonds is 2. The van der Waals surface area contributed by atoms with Gasteiger partial charge in [0.05, 0.1) is 5.69 Å². The van der Waals surface area contributed by atoms with Crippen molar-refractivity contribution in [2.45, 2.75) is 52.4 Å². The second-order valence-electron chi connectivity index (χ2n) is 6.61. The molecule has 1 N–H and O–H groups in total. The van der Waals surface area contributed by atoms with E-state index in [1.165, 1.54) is 25.7 Å². The lowest BCUT2D eigenvalue weighted by atomic mass is 9.77. The third-order valence-electron chi connectivity index (χ3n) is 5.44. The lowest BCUT2D eigenvalue weighted by Gasteiger charge is -2.40. The maximum atomic E-state index is 11.6. The fraction of sp³-hybridized carbons (Fsp3) is 0.688. The van der Waals surface area contributed by atoms with Gasteiger partial charge in [-0.25, -0.2) is 4.79 Å². The molecule has 0 aromatic carbocycles. The van der Waals surface area contributed by atoms with Gasteiger partial charge in [-0.05, 0) is 50.5 Å². The first kappa shape index (κ1) is 14.3. The highest BCUT2D eigenvalue weighted by atomic mass is 16.4. The molecule has 3 rings (SSSR count). The van der Waals surface area contributed by atoms with Gasteiger partial charge in [-0.1, -0.05) is 12.8 Å². The fourth-order valence-corrected chi connectivity index (χ4v) is 3.89. The number of piperidine rings is 1. The van der Waals surface area contributed by atoms with E-state index in [9.17, 15) is 9.90 Å². The molecule has 2 fully saturated rings. The van der Waals surface area contributed by atoms with Crippen LogP contribution in [0.2, 0.25) is 0 Å². The molecule has 0 amide bonds. The number of carboxylic acids is 1. The summed E-state index contributed by atoms with van der Waals surface area (Å²) < 4.78 is 0. The van der Waals surface area contributed by atoms with Gasteiger partial charge >= 0.3 is 5.97 Å². The number of carboxylic acid groups (broad SMARTS) is 1. The Balaban J connectivity index is 1.85. The average Bonchev–Trinajstić information content (AvgIpc) is 2.91. The van der Waals surface area contributed by atoms with E-state index in [1.807, 2.05) is 13.8 Å². The Hall–Kier alpha value is -1.65. The molecule has 1 aromatic rings. The maximum absolute atomic E-state index is 11.6. The zero-order valence-corrected chi connectivity index (χ0v) is 12.9. The summed E-state index contributed by atoms with van der Waals surface area (Å²) in [6, 6.07) is 0. The van der Waals surface area contributed by atoms with Gasteiger partial charge in [0.15, 0.2) is 5.82 Å². The number of hydrogen-bond acceptors (Lipinski definition) is 4. The summed E-state index contributed by atoms with van der Waals surface area (Å²) in [6.07, 6.45) is 7.69. The molecule has 1 saturated heterocycles. The Morgan fingerprint density at radius 2 is 1.71 bits per heavy atom. The molecule has 2 heterocycles. The molecule has 1 aliphatic heterocycles. The van der Waals surface area contributed by atoms with Crippen LogP contribution in [0, 0.1) is 19.3 Å². The van der Waals surface area contributed by atoms with Crippen LogP contribution in [0.25, 0.3) is 0 Å². The van der Waals surface area contributed by atoms with Gasteiger partial charge in [0.25, 0.3) is 0 Å². The van der Waals surface area contributed by atoms with Gasteiger partial charge < -0.3 is 10.0 Å². The van der Waals surface area contributed by atoms with Crippen molar-refractivity contribution in [1.29, 1.82) is 0 Å². The Kier molecular flexibility index (Phi) is 3.59. The van der Waals surface area contributed by atoms with Crippen molar-refractivity contribution in [2.24, 2.45) is 5.41 Å². The quantitative estimate of drug-likeness (QED) is 0.906. The van der Waals surface area contributed by atoms with Gasteiger partial charge in [0.1, 0.15) is 5.56 Å². The number of aromatic carboxylic acids is 1. The number of carbonyl (C=O) groups is 1. The maximum Gasteiger partial charge on any atom is 0.339 e. The molecule has 0 bridgehead atoms. The van der Waals surface area contributed by atoms with Crippen molar-refractivity contribution in [3.05, 3.63) is 16.8 Å². The Bertz CT molecular complexity index is 555. The highest BCUT2D eigenvalue weighted by Crippen LogP contribution is 2.46. The van der Waals surface area contributed by atoms with Gasteiger partial charge in [-0.2, -0.15) is 5.10 Å². The van der Waals surface area contributed by atoms with Crippen LogP contribution in [0.1, 0.15) is 60.1 Å². The first-order valence-electron chi connectivity index (χ1n) is 7.85. The zero-order chi connectivity index (χ0) is 15.0. The van der Waals surface area contributed by atoms with Crippen molar-refractivity contribution in [3.63, 3.8) is 0 Å². The molecule has 0 atom stereocenters. The minimum absolute atomic E-state index is 0.324. The van der Waals surface area contributed by atoms with Gasteiger partial charge in [-0.15, -0.1) is 5.10 Å². The van der Waals surface area contributed by atoms with Gasteiger partial charge in [-0.3, -0.25) is 0 Å². The molecule has 0 radical (unpaired) electrons. The highest BCUT2D eigenvalue weighted by molar-refractivity contribution is 5.95. The number of hydrogen-bond donors (Lipinski definition) is 1. The van der Waals surface area contributed by atoms with E-state index >= 15 is 0 Å². The molecule has 0 unspecified atom stereocenters. The summed E-state index contributed by atoms with van der Waals surface area (Å²) in [4.78, 5) is 13.7. The molecule has 2 aliphatic rings. The van der Waals surface area contributed by atoms with Crippen molar-refractivity contribution in [3.8, 4) is 0 Å². The topological polar surface area (TPSA) is 66.3 Å². The SMILES string of the molecule is Cc1nnc(N2CCC3(CCCC3)CC2)c(C(=O)O)c1C. The number of aromatic nitrogens is 2. The molecule has 21 heavy (non-hydrogen) atoms. The van der Waals surface area contributed by atoms with Crippen molar-refractivity contribution < 1.29 is 9.90 Å². The summed E-state index contributed by atoms with van der Waals surface area (Å²) in [7, 11) is 0. The van der Waals surface area contributed by atoms with Crippen LogP contribution in [-0.2, 0) is 0 Å².